The first-order valence-electron chi connectivity index (χ1n) is 7.96. The van der Waals surface area contributed by atoms with Crippen LogP contribution >= 0.6 is 11.8 Å². The fraction of sp³-hybridized carbons (Fsp3) is 0.368. The van der Waals surface area contributed by atoms with Gasteiger partial charge in [-0.2, -0.15) is 11.8 Å². The maximum Gasteiger partial charge on any atom is 0.0648 e. The molecule has 2 fully saturated rings. The van der Waals surface area contributed by atoms with Crippen LogP contribution < -0.4 is 5.32 Å². The summed E-state index contributed by atoms with van der Waals surface area (Å²) < 4.78 is 0. The lowest BCUT2D eigenvalue weighted by molar-refractivity contribution is -0.00724. The van der Waals surface area contributed by atoms with E-state index < -0.39 is 0 Å². The number of benzene rings is 2. The van der Waals surface area contributed by atoms with Gasteiger partial charge < -0.3 is 10.4 Å². The SMILES string of the molecule is OC1[C@H]2CSC[C@@H]1[C@@H](c1ccccc1)N[C@H]2c1ccccc1. The van der Waals surface area contributed by atoms with Crippen molar-refractivity contribution in [2.75, 3.05) is 11.5 Å². The summed E-state index contributed by atoms with van der Waals surface area (Å²) in [5.74, 6) is 2.66. The molecule has 2 heterocycles. The van der Waals surface area contributed by atoms with Crippen LogP contribution in [0.3, 0.4) is 0 Å². The average Bonchev–Trinajstić information content (AvgIpc) is 2.57. The van der Waals surface area contributed by atoms with E-state index in [1.165, 1.54) is 11.1 Å². The van der Waals surface area contributed by atoms with Gasteiger partial charge in [-0.05, 0) is 11.1 Å². The first-order chi connectivity index (χ1) is 10.8. The minimum atomic E-state index is -0.224. The maximum absolute atomic E-state index is 10.9. The molecule has 3 heteroatoms. The Morgan fingerprint density at radius 1 is 0.773 bits per heavy atom. The number of aliphatic hydroxyl groups is 1. The molecule has 0 saturated carbocycles. The smallest absolute Gasteiger partial charge is 0.0648 e. The lowest BCUT2D eigenvalue weighted by Gasteiger charge is -2.49. The van der Waals surface area contributed by atoms with Crippen molar-refractivity contribution < 1.29 is 5.11 Å². The lowest BCUT2D eigenvalue weighted by Crippen LogP contribution is -2.54. The van der Waals surface area contributed by atoms with Crippen LogP contribution in [0.4, 0.5) is 0 Å². The Labute approximate surface area is 135 Å². The van der Waals surface area contributed by atoms with E-state index in [0.29, 0.717) is 11.8 Å². The summed E-state index contributed by atoms with van der Waals surface area (Å²) in [6, 6.07) is 21.6. The molecule has 2 aromatic rings. The number of aliphatic hydroxyl groups excluding tert-OH is 1. The van der Waals surface area contributed by atoms with Crippen molar-refractivity contribution in [1.29, 1.82) is 0 Å². The molecule has 2 saturated heterocycles. The predicted molar refractivity (Wildman–Crippen MR) is 91.8 cm³/mol. The molecule has 4 rings (SSSR count). The monoisotopic (exact) mass is 311 g/mol. The first-order valence-corrected chi connectivity index (χ1v) is 9.12. The number of fused-ring (bicyclic) bond motifs is 2. The quantitative estimate of drug-likeness (QED) is 0.891. The summed E-state index contributed by atoms with van der Waals surface area (Å²) >= 11 is 1.99. The zero-order chi connectivity index (χ0) is 14.9. The molecule has 0 amide bonds. The molecule has 2 bridgehead atoms. The van der Waals surface area contributed by atoms with E-state index in [0.717, 1.165) is 11.5 Å². The Morgan fingerprint density at radius 3 is 1.68 bits per heavy atom. The third-order valence-electron chi connectivity index (χ3n) is 5.03. The van der Waals surface area contributed by atoms with Crippen LogP contribution in [-0.2, 0) is 0 Å². The van der Waals surface area contributed by atoms with Crippen LogP contribution in [0, 0.1) is 11.8 Å². The van der Waals surface area contributed by atoms with E-state index in [1.54, 1.807) is 0 Å². The van der Waals surface area contributed by atoms with Gasteiger partial charge in [0.1, 0.15) is 0 Å². The number of rotatable bonds is 2. The standard InChI is InChI=1S/C19H21NOS/c21-19-15-11-22-12-16(19)18(14-9-5-2-6-10-14)20-17(15)13-7-3-1-4-8-13/h1-10,15-21H,11-12H2/t15-,16+,17-,18+,19?. The van der Waals surface area contributed by atoms with Crippen LogP contribution in [0.15, 0.2) is 60.7 Å². The van der Waals surface area contributed by atoms with Gasteiger partial charge in [-0.25, -0.2) is 0 Å². The third-order valence-corrected chi connectivity index (χ3v) is 6.27. The summed E-state index contributed by atoms with van der Waals surface area (Å²) in [6.07, 6.45) is -0.224. The van der Waals surface area contributed by atoms with Crippen LogP contribution in [0.5, 0.6) is 0 Å². The van der Waals surface area contributed by atoms with Gasteiger partial charge in [-0.3, -0.25) is 0 Å². The Bertz CT molecular complexity index is 564. The maximum atomic E-state index is 10.9. The van der Waals surface area contributed by atoms with E-state index in [2.05, 4.69) is 66.0 Å². The molecule has 2 aliphatic heterocycles. The molecule has 22 heavy (non-hydrogen) atoms. The molecule has 2 nitrogen and oxygen atoms in total. The van der Waals surface area contributed by atoms with E-state index in [1.807, 2.05) is 11.8 Å². The molecular formula is C19H21NOS. The average molecular weight is 311 g/mol. The number of hydrogen-bond donors (Lipinski definition) is 2. The molecule has 0 aromatic heterocycles. The van der Waals surface area contributed by atoms with Gasteiger partial charge in [0.25, 0.3) is 0 Å². The largest absolute Gasteiger partial charge is 0.392 e. The molecular weight excluding hydrogens is 290 g/mol. The van der Waals surface area contributed by atoms with Gasteiger partial charge in [0, 0.05) is 35.4 Å². The highest BCUT2D eigenvalue weighted by molar-refractivity contribution is 7.99. The number of nitrogens with one attached hydrogen (secondary N) is 1. The van der Waals surface area contributed by atoms with E-state index in [4.69, 9.17) is 0 Å². The number of piperidine rings is 1. The van der Waals surface area contributed by atoms with Crippen molar-refractivity contribution in [3.63, 3.8) is 0 Å². The Balaban J connectivity index is 1.71. The Hall–Kier alpha value is -1.29. The van der Waals surface area contributed by atoms with Gasteiger partial charge >= 0.3 is 0 Å². The summed E-state index contributed by atoms with van der Waals surface area (Å²) in [5.41, 5.74) is 2.57. The number of thioether (sulfide) groups is 1. The fourth-order valence-electron chi connectivity index (χ4n) is 3.89. The highest BCUT2D eigenvalue weighted by Crippen LogP contribution is 2.46. The predicted octanol–water partition coefficient (Wildman–Crippen LogP) is 3.41. The lowest BCUT2D eigenvalue weighted by atomic mass is 9.74. The van der Waals surface area contributed by atoms with Crippen LogP contribution in [0.2, 0.25) is 0 Å². The first kappa shape index (κ1) is 14.3. The van der Waals surface area contributed by atoms with Crippen LogP contribution in [-0.4, -0.2) is 22.7 Å². The highest BCUT2D eigenvalue weighted by atomic mass is 32.2. The van der Waals surface area contributed by atoms with Crippen molar-refractivity contribution in [2.24, 2.45) is 11.8 Å². The van der Waals surface area contributed by atoms with Crippen molar-refractivity contribution in [2.45, 2.75) is 18.2 Å². The van der Waals surface area contributed by atoms with Crippen molar-refractivity contribution in [3.8, 4) is 0 Å². The van der Waals surface area contributed by atoms with Crippen LogP contribution in [0.1, 0.15) is 23.2 Å². The van der Waals surface area contributed by atoms with Crippen LogP contribution in [0.25, 0.3) is 0 Å². The van der Waals surface area contributed by atoms with Gasteiger partial charge in [0.15, 0.2) is 0 Å². The second kappa shape index (κ2) is 6.07. The summed E-state index contributed by atoms with van der Waals surface area (Å²) in [4.78, 5) is 0. The second-order valence-corrected chi connectivity index (χ2v) is 7.37. The molecule has 0 aliphatic carbocycles. The van der Waals surface area contributed by atoms with E-state index in [-0.39, 0.29) is 18.2 Å². The fourth-order valence-corrected chi connectivity index (χ4v) is 5.35. The van der Waals surface area contributed by atoms with Gasteiger partial charge in [-0.1, -0.05) is 60.7 Å². The molecule has 0 radical (unpaired) electrons. The summed E-state index contributed by atoms with van der Waals surface area (Å²) in [7, 11) is 0. The topological polar surface area (TPSA) is 32.3 Å². The normalized spacial score (nSPS) is 34.3. The Kier molecular flexibility index (Phi) is 3.95. The second-order valence-electron chi connectivity index (χ2n) is 6.30. The molecule has 5 atom stereocenters. The van der Waals surface area contributed by atoms with E-state index in [9.17, 15) is 5.11 Å². The Morgan fingerprint density at radius 2 is 1.23 bits per heavy atom. The van der Waals surface area contributed by atoms with Gasteiger partial charge in [0.2, 0.25) is 0 Å². The van der Waals surface area contributed by atoms with Crippen molar-refractivity contribution in [3.05, 3.63) is 71.8 Å². The minimum absolute atomic E-state index is 0.224. The third kappa shape index (κ3) is 2.47. The van der Waals surface area contributed by atoms with Gasteiger partial charge in [-0.15, -0.1) is 0 Å². The molecule has 2 aromatic carbocycles. The zero-order valence-electron chi connectivity index (χ0n) is 12.4. The van der Waals surface area contributed by atoms with Gasteiger partial charge in [0.05, 0.1) is 6.10 Å². The zero-order valence-corrected chi connectivity index (χ0v) is 13.2. The summed E-state index contributed by atoms with van der Waals surface area (Å²) in [6.45, 7) is 0. The molecule has 114 valence electrons. The van der Waals surface area contributed by atoms with E-state index >= 15 is 0 Å². The number of hydrogen-bond acceptors (Lipinski definition) is 3. The molecule has 1 unspecified atom stereocenters. The highest BCUT2D eigenvalue weighted by Gasteiger charge is 2.46. The minimum Gasteiger partial charge on any atom is -0.392 e. The molecule has 0 spiro atoms. The van der Waals surface area contributed by atoms with Crippen molar-refractivity contribution >= 4 is 11.8 Å². The summed E-state index contributed by atoms with van der Waals surface area (Å²) in [5, 5.41) is 14.7. The molecule has 2 N–H and O–H groups in total. The molecule has 2 aliphatic rings. The van der Waals surface area contributed by atoms with Crippen molar-refractivity contribution in [1.82, 2.24) is 5.32 Å².